The smallest absolute Gasteiger partial charge is 0.337 e. The van der Waals surface area contributed by atoms with Gasteiger partial charge >= 0.3 is 11.5 Å². The highest BCUT2D eigenvalue weighted by atomic mass is 16.5. The van der Waals surface area contributed by atoms with E-state index in [0.717, 1.165) is 11.3 Å². The van der Waals surface area contributed by atoms with E-state index in [1.807, 2.05) is 24.3 Å². The fourth-order valence-electron chi connectivity index (χ4n) is 2.63. The van der Waals surface area contributed by atoms with Gasteiger partial charge in [-0.3, -0.25) is 4.79 Å². The van der Waals surface area contributed by atoms with Gasteiger partial charge in [0.05, 0.1) is 32.0 Å². The fourth-order valence-corrected chi connectivity index (χ4v) is 2.63. The van der Waals surface area contributed by atoms with E-state index in [2.05, 4.69) is 9.84 Å². The third kappa shape index (κ3) is 4.37. The summed E-state index contributed by atoms with van der Waals surface area (Å²) in [6.07, 6.45) is 0. The Morgan fingerprint density at radius 3 is 2.25 bits per heavy atom. The molecule has 28 heavy (non-hydrogen) atoms. The number of carbonyl (C=O) groups excluding carboxylic acids is 1. The Kier molecular flexibility index (Phi) is 5.74. The minimum atomic E-state index is -0.437. The third-order valence-corrected chi connectivity index (χ3v) is 4.06. The van der Waals surface area contributed by atoms with E-state index in [9.17, 15) is 9.59 Å². The monoisotopic (exact) mass is 380 g/mol. The SMILES string of the molecule is COC(=O)c1ccc(Oc2cc(C)nn(Cc3ccc(OC)cc3)c2=O)cc1. The molecule has 0 aliphatic carbocycles. The third-order valence-electron chi connectivity index (χ3n) is 4.06. The molecule has 3 rings (SSSR count). The van der Waals surface area contributed by atoms with Crippen LogP contribution in [0.3, 0.4) is 0 Å². The zero-order valence-corrected chi connectivity index (χ0v) is 15.8. The van der Waals surface area contributed by atoms with Gasteiger partial charge < -0.3 is 14.2 Å². The number of carbonyl (C=O) groups is 1. The molecule has 0 unspecified atom stereocenters. The van der Waals surface area contributed by atoms with Crippen molar-refractivity contribution < 1.29 is 19.0 Å². The molecule has 7 heteroatoms. The molecule has 2 aromatic carbocycles. The van der Waals surface area contributed by atoms with Crippen molar-refractivity contribution in [3.8, 4) is 17.2 Å². The molecule has 0 amide bonds. The molecule has 0 atom stereocenters. The van der Waals surface area contributed by atoms with Gasteiger partial charge in [0.15, 0.2) is 5.75 Å². The van der Waals surface area contributed by atoms with Crippen LogP contribution in [0, 0.1) is 6.92 Å². The van der Waals surface area contributed by atoms with Crippen LogP contribution in [-0.2, 0) is 11.3 Å². The first-order valence-corrected chi connectivity index (χ1v) is 8.58. The molecule has 0 bridgehead atoms. The van der Waals surface area contributed by atoms with Gasteiger partial charge in [0, 0.05) is 6.07 Å². The second-order valence-electron chi connectivity index (χ2n) is 6.08. The molecule has 0 saturated heterocycles. The number of hydrogen-bond donors (Lipinski definition) is 0. The van der Waals surface area contributed by atoms with E-state index in [0.29, 0.717) is 23.6 Å². The van der Waals surface area contributed by atoms with Crippen LogP contribution in [0.5, 0.6) is 17.2 Å². The Morgan fingerprint density at radius 2 is 1.64 bits per heavy atom. The standard InChI is InChI=1S/C21H20N2O5/c1-14-12-19(28-18-10-6-16(7-11-18)21(25)27-3)20(24)23(22-14)13-15-4-8-17(26-2)9-5-15/h4-12H,13H2,1-3H3. The summed E-state index contributed by atoms with van der Waals surface area (Å²) in [6, 6.07) is 15.4. The Labute approximate surface area is 162 Å². The molecule has 0 aliphatic heterocycles. The van der Waals surface area contributed by atoms with E-state index in [1.165, 1.54) is 11.8 Å². The first-order valence-electron chi connectivity index (χ1n) is 8.58. The van der Waals surface area contributed by atoms with Crippen LogP contribution in [0.4, 0.5) is 0 Å². The van der Waals surface area contributed by atoms with Gasteiger partial charge in [-0.05, 0) is 48.9 Å². The summed E-state index contributed by atoms with van der Waals surface area (Å²) in [5.41, 5.74) is 1.61. The van der Waals surface area contributed by atoms with Crippen molar-refractivity contribution in [2.75, 3.05) is 14.2 Å². The lowest BCUT2D eigenvalue weighted by Gasteiger charge is -2.11. The van der Waals surface area contributed by atoms with Gasteiger partial charge in [0.2, 0.25) is 0 Å². The maximum Gasteiger partial charge on any atom is 0.337 e. The summed E-state index contributed by atoms with van der Waals surface area (Å²) < 4.78 is 16.9. The largest absolute Gasteiger partial charge is 0.497 e. The molecule has 0 spiro atoms. The van der Waals surface area contributed by atoms with E-state index in [1.54, 1.807) is 44.4 Å². The lowest BCUT2D eigenvalue weighted by atomic mass is 10.2. The van der Waals surface area contributed by atoms with E-state index >= 15 is 0 Å². The number of rotatable bonds is 6. The molecular formula is C21H20N2O5. The van der Waals surface area contributed by atoms with Crippen LogP contribution in [0.25, 0.3) is 0 Å². The van der Waals surface area contributed by atoms with Crippen molar-refractivity contribution in [3.63, 3.8) is 0 Å². The lowest BCUT2D eigenvalue weighted by molar-refractivity contribution is 0.0600. The summed E-state index contributed by atoms with van der Waals surface area (Å²) in [5, 5.41) is 4.29. The van der Waals surface area contributed by atoms with E-state index in [-0.39, 0.29) is 11.3 Å². The van der Waals surface area contributed by atoms with Crippen molar-refractivity contribution in [2.24, 2.45) is 0 Å². The number of nitrogens with zero attached hydrogens (tertiary/aromatic N) is 2. The van der Waals surface area contributed by atoms with Gasteiger partial charge in [-0.2, -0.15) is 5.10 Å². The summed E-state index contributed by atoms with van der Waals surface area (Å²) in [5.74, 6) is 0.902. The first-order chi connectivity index (χ1) is 13.5. The van der Waals surface area contributed by atoms with Crippen molar-refractivity contribution in [1.82, 2.24) is 9.78 Å². The molecular weight excluding hydrogens is 360 g/mol. The zero-order chi connectivity index (χ0) is 20.1. The molecule has 144 valence electrons. The second-order valence-corrected chi connectivity index (χ2v) is 6.08. The molecule has 0 N–H and O–H groups in total. The number of aromatic nitrogens is 2. The van der Waals surface area contributed by atoms with Crippen LogP contribution in [0.1, 0.15) is 21.6 Å². The summed E-state index contributed by atoms with van der Waals surface area (Å²) >= 11 is 0. The molecule has 1 aromatic heterocycles. The predicted octanol–water partition coefficient (Wildman–Crippen LogP) is 3.19. The number of esters is 1. The molecule has 0 saturated carbocycles. The number of aryl methyl sites for hydroxylation is 1. The average Bonchev–Trinajstić information content (AvgIpc) is 2.72. The Bertz CT molecular complexity index is 1020. The van der Waals surface area contributed by atoms with Gasteiger partial charge in [-0.1, -0.05) is 12.1 Å². The van der Waals surface area contributed by atoms with Crippen LogP contribution in [0.2, 0.25) is 0 Å². The van der Waals surface area contributed by atoms with Crippen molar-refractivity contribution in [3.05, 3.63) is 81.8 Å². The molecule has 0 radical (unpaired) electrons. The highest BCUT2D eigenvalue weighted by molar-refractivity contribution is 5.89. The van der Waals surface area contributed by atoms with Crippen molar-refractivity contribution >= 4 is 5.97 Å². The van der Waals surface area contributed by atoms with Crippen LogP contribution >= 0.6 is 0 Å². The van der Waals surface area contributed by atoms with E-state index in [4.69, 9.17) is 9.47 Å². The van der Waals surface area contributed by atoms with E-state index < -0.39 is 5.97 Å². The Morgan fingerprint density at radius 1 is 1.00 bits per heavy atom. The Balaban J connectivity index is 1.84. The normalized spacial score (nSPS) is 10.4. The van der Waals surface area contributed by atoms with Crippen LogP contribution in [0.15, 0.2) is 59.4 Å². The number of benzene rings is 2. The zero-order valence-electron chi connectivity index (χ0n) is 15.8. The molecule has 1 heterocycles. The first kappa shape index (κ1) is 19.2. The highest BCUT2D eigenvalue weighted by Gasteiger charge is 2.11. The highest BCUT2D eigenvalue weighted by Crippen LogP contribution is 2.20. The fraction of sp³-hybridized carbons (Fsp3) is 0.190. The topological polar surface area (TPSA) is 79.7 Å². The van der Waals surface area contributed by atoms with Crippen LogP contribution in [-0.4, -0.2) is 30.0 Å². The van der Waals surface area contributed by atoms with Crippen molar-refractivity contribution in [2.45, 2.75) is 13.5 Å². The number of ether oxygens (including phenoxy) is 3. The minimum Gasteiger partial charge on any atom is -0.497 e. The number of methoxy groups -OCH3 is 2. The summed E-state index contributed by atoms with van der Waals surface area (Å²) in [7, 11) is 2.92. The molecule has 0 fully saturated rings. The predicted molar refractivity (Wildman–Crippen MR) is 103 cm³/mol. The van der Waals surface area contributed by atoms with Gasteiger partial charge in [-0.15, -0.1) is 0 Å². The Hall–Kier alpha value is -3.61. The van der Waals surface area contributed by atoms with Gasteiger partial charge in [0.1, 0.15) is 11.5 Å². The summed E-state index contributed by atoms with van der Waals surface area (Å²) in [4.78, 5) is 24.3. The second kappa shape index (κ2) is 8.39. The maximum atomic E-state index is 12.8. The quantitative estimate of drug-likeness (QED) is 0.611. The number of hydrogen-bond acceptors (Lipinski definition) is 6. The maximum absolute atomic E-state index is 12.8. The molecule has 7 nitrogen and oxygen atoms in total. The summed E-state index contributed by atoms with van der Waals surface area (Å²) in [6.45, 7) is 2.10. The molecule has 0 aliphatic rings. The minimum absolute atomic E-state index is 0.159. The van der Waals surface area contributed by atoms with Crippen molar-refractivity contribution in [1.29, 1.82) is 0 Å². The van der Waals surface area contributed by atoms with Gasteiger partial charge in [-0.25, -0.2) is 9.48 Å². The average molecular weight is 380 g/mol. The lowest BCUT2D eigenvalue weighted by Crippen LogP contribution is -2.25. The van der Waals surface area contributed by atoms with Gasteiger partial charge in [0.25, 0.3) is 0 Å². The van der Waals surface area contributed by atoms with Crippen LogP contribution < -0.4 is 15.0 Å². The molecule has 3 aromatic rings.